The molecule has 1 spiro atoms. The van der Waals surface area contributed by atoms with Crippen LogP contribution in [0.1, 0.15) is 55.8 Å². The van der Waals surface area contributed by atoms with Crippen LogP contribution in [-0.2, 0) is 29.0 Å². The van der Waals surface area contributed by atoms with E-state index in [2.05, 4.69) is 32.4 Å². The maximum Gasteiger partial charge on any atom is 0.419 e. The first-order valence-corrected chi connectivity index (χ1v) is 16.5. The van der Waals surface area contributed by atoms with Gasteiger partial charge in [0.1, 0.15) is 5.75 Å². The molecule has 2 aromatic rings. The van der Waals surface area contributed by atoms with Crippen molar-refractivity contribution in [3.05, 3.63) is 35.2 Å². The van der Waals surface area contributed by atoms with Crippen LogP contribution >= 0.6 is 0 Å². The number of halogens is 3. The van der Waals surface area contributed by atoms with Crippen molar-refractivity contribution in [3.8, 4) is 5.75 Å². The van der Waals surface area contributed by atoms with Gasteiger partial charge in [-0.2, -0.15) is 13.2 Å². The summed E-state index contributed by atoms with van der Waals surface area (Å²) in [6.07, 6.45) is 2.32. The first-order chi connectivity index (χ1) is 19.9. The van der Waals surface area contributed by atoms with Crippen molar-refractivity contribution in [3.63, 3.8) is 0 Å². The second-order valence-electron chi connectivity index (χ2n) is 11.8. The van der Waals surface area contributed by atoms with Crippen LogP contribution in [0.2, 0.25) is 0 Å². The third kappa shape index (κ3) is 6.19. The van der Waals surface area contributed by atoms with Gasteiger partial charge in [-0.05, 0) is 61.5 Å². The molecule has 9 nitrogen and oxygen atoms in total. The molecule has 5 rings (SSSR count). The van der Waals surface area contributed by atoms with E-state index in [-0.39, 0.29) is 35.4 Å². The predicted molar refractivity (Wildman–Crippen MR) is 157 cm³/mol. The molecule has 1 aliphatic heterocycles. The van der Waals surface area contributed by atoms with Crippen LogP contribution in [0.25, 0.3) is 0 Å². The topological polar surface area (TPSA) is 99.7 Å². The van der Waals surface area contributed by atoms with Crippen LogP contribution in [0.3, 0.4) is 0 Å². The van der Waals surface area contributed by atoms with E-state index in [9.17, 15) is 21.6 Å². The Kier molecular flexibility index (Phi) is 8.66. The Hall–Kier alpha value is -2.64. The quantitative estimate of drug-likeness (QED) is 0.403. The molecule has 42 heavy (non-hydrogen) atoms. The van der Waals surface area contributed by atoms with E-state index in [4.69, 9.17) is 4.74 Å². The van der Waals surface area contributed by atoms with E-state index in [1.54, 1.807) is 14.2 Å². The fourth-order valence-corrected chi connectivity index (χ4v) is 7.83. The third-order valence-corrected chi connectivity index (χ3v) is 10.7. The lowest BCUT2D eigenvalue weighted by molar-refractivity contribution is -0.138. The highest BCUT2D eigenvalue weighted by atomic mass is 32.2. The normalized spacial score (nSPS) is 24.4. The number of aryl methyl sites for hydroxylation is 2. The standard InChI is InChI=1S/C29H41F3N6O3S/c1-5-19-15-23(25(41-3)16-24(19)38-13-11-33-12-14-38)36-27-34-18-21(29(30,31)32)22(35-27)9-8-20-17-28(20)10-6-7-26(28)37(2)42(4,39)40/h15-16,18,20,26,33H,5-14,17H2,1-4H3,(H,34,35,36)/t20-,26?,28-/m0/s1. The third-order valence-electron chi connectivity index (χ3n) is 9.41. The average molecular weight is 611 g/mol. The number of anilines is 3. The molecule has 2 N–H and O–H groups in total. The largest absolute Gasteiger partial charge is 0.494 e. The number of sulfonamides is 1. The van der Waals surface area contributed by atoms with Gasteiger partial charge in [0.05, 0.1) is 30.3 Å². The molecule has 2 heterocycles. The van der Waals surface area contributed by atoms with E-state index >= 15 is 0 Å². The van der Waals surface area contributed by atoms with Gasteiger partial charge in [-0.25, -0.2) is 22.7 Å². The van der Waals surface area contributed by atoms with Crippen molar-refractivity contribution in [2.75, 3.05) is 56.8 Å². The SMILES string of the molecule is CCc1cc(Nc2ncc(C(F)(F)F)c(CC[C@H]3C[C@@]34CCCC4N(C)S(C)(=O)=O)n2)c(OC)cc1N1CCNCC1. The van der Waals surface area contributed by atoms with Crippen LogP contribution in [-0.4, -0.2) is 75.3 Å². The maximum absolute atomic E-state index is 14.0. The molecule has 1 unspecified atom stereocenters. The Labute approximate surface area is 246 Å². The molecule has 13 heteroatoms. The van der Waals surface area contributed by atoms with Crippen LogP contribution in [0.15, 0.2) is 18.3 Å². The molecule has 3 atom stereocenters. The second kappa shape index (κ2) is 11.8. The van der Waals surface area contributed by atoms with Gasteiger partial charge in [0.2, 0.25) is 16.0 Å². The summed E-state index contributed by atoms with van der Waals surface area (Å²) in [6.45, 7) is 5.61. The minimum absolute atomic E-state index is 0.0554. The van der Waals surface area contributed by atoms with E-state index < -0.39 is 21.8 Å². The van der Waals surface area contributed by atoms with Crippen molar-refractivity contribution < 1.29 is 26.3 Å². The Balaban J connectivity index is 1.37. The van der Waals surface area contributed by atoms with Crippen LogP contribution in [0, 0.1) is 11.3 Å². The molecule has 1 aromatic carbocycles. The van der Waals surface area contributed by atoms with Crippen molar-refractivity contribution in [2.45, 2.75) is 64.1 Å². The highest BCUT2D eigenvalue weighted by Crippen LogP contribution is 2.65. The zero-order valence-corrected chi connectivity index (χ0v) is 25.5. The fourth-order valence-electron chi connectivity index (χ4n) is 7.06. The summed E-state index contributed by atoms with van der Waals surface area (Å²) < 4.78 is 73.5. The summed E-state index contributed by atoms with van der Waals surface area (Å²) in [7, 11) is -0.172. The lowest BCUT2D eigenvalue weighted by Gasteiger charge is -2.32. The van der Waals surface area contributed by atoms with Crippen molar-refractivity contribution in [1.29, 1.82) is 0 Å². The highest BCUT2D eigenvalue weighted by Gasteiger charge is 2.62. The van der Waals surface area contributed by atoms with Gasteiger partial charge in [0.25, 0.3) is 0 Å². The number of hydrogen-bond donors (Lipinski definition) is 2. The number of ether oxygens (including phenoxy) is 1. The molecule has 0 radical (unpaired) electrons. The zero-order chi connectivity index (χ0) is 30.3. The second-order valence-corrected chi connectivity index (χ2v) is 13.9. The van der Waals surface area contributed by atoms with Gasteiger partial charge in [-0.3, -0.25) is 0 Å². The van der Waals surface area contributed by atoms with Gasteiger partial charge in [0.15, 0.2) is 0 Å². The summed E-state index contributed by atoms with van der Waals surface area (Å²) in [4.78, 5) is 10.7. The lowest BCUT2D eigenvalue weighted by atomic mass is 9.94. The monoisotopic (exact) mass is 610 g/mol. The predicted octanol–water partition coefficient (Wildman–Crippen LogP) is 4.60. The first-order valence-electron chi connectivity index (χ1n) is 14.7. The minimum atomic E-state index is -4.58. The Bertz CT molecular complexity index is 1400. The Morgan fingerprint density at radius 1 is 1.26 bits per heavy atom. The van der Waals surface area contributed by atoms with Crippen LogP contribution < -0.4 is 20.3 Å². The van der Waals surface area contributed by atoms with Crippen molar-refractivity contribution in [2.24, 2.45) is 11.3 Å². The van der Waals surface area contributed by atoms with E-state index in [1.807, 2.05) is 12.1 Å². The number of benzene rings is 1. The van der Waals surface area contributed by atoms with Crippen molar-refractivity contribution >= 4 is 27.3 Å². The molecule has 3 fully saturated rings. The summed E-state index contributed by atoms with van der Waals surface area (Å²) in [5.74, 6) is 0.800. The number of rotatable bonds is 10. The van der Waals surface area contributed by atoms with E-state index in [0.717, 1.165) is 75.7 Å². The van der Waals surface area contributed by atoms with Crippen molar-refractivity contribution in [1.82, 2.24) is 19.6 Å². The molecule has 1 saturated heterocycles. The number of nitrogens with zero attached hydrogens (tertiary/aromatic N) is 4. The smallest absolute Gasteiger partial charge is 0.419 e. The van der Waals surface area contributed by atoms with Gasteiger partial charge in [0, 0.05) is 57.2 Å². The van der Waals surface area contributed by atoms with Gasteiger partial charge in [-0.15, -0.1) is 0 Å². The summed E-state index contributed by atoms with van der Waals surface area (Å²) in [6, 6.07) is 3.82. The Morgan fingerprint density at radius 3 is 2.64 bits per heavy atom. The number of aromatic nitrogens is 2. The molecule has 2 saturated carbocycles. The summed E-state index contributed by atoms with van der Waals surface area (Å²) >= 11 is 0. The van der Waals surface area contributed by atoms with Gasteiger partial charge in [-0.1, -0.05) is 13.3 Å². The molecule has 0 amide bonds. The molecular weight excluding hydrogens is 569 g/mol. The highest BCUT2D eigenvalue weighted by molar-refractivity contribution is 7.88. The molecule has 3 aliphatic rings. The molecule has 232 valence electrons. The zero-order valence-electron chi connectivity index (χ0n) is 24.7. The first kappa shape index (κ1) is 30.8. The molecule has 1 aromatic heterocycles. The molecule has 0 bridgehead atoms. The van der Waals surface area contributed by atoms with E-state index in [0.29, 0.717) is 17.9 Å². The van der Waals surface area contributed by atoms with Gasteiger partial charge < -0.3 is 20.3 Å². The number of methoxy groups -OCH3 is 1. The fraction of sp³-hybridized carbons (Fsp3) is 0.655. The number of alkyl halides is 3. The number of nitrogens with one attached hydrogen (secondary N) is 2. The van der Waals surface area contributed by atoms with Gasteiger partial charge >= 0.3 is 6.18 Å². The number of hydrogen-bond acceptors (Lipinski definition) is 8. The Morgan fingerprint density at radius 2 is 2.00 bits per heavy atom. The van der Waals surface area contributed by atoms with Crippen LogP contribution in [0.5, 0.6) is 5.75 Å². The lowest BCUT2D eigenvalue weighted by Crippen LogP contribution is -2.43. The molecule has 2 aliphatic carbocycles. The number of piperazine rings is 1. The average Bonchev–Trinajstić information content (AvgIpc) is 3.49. The summed E-state index contributed by atoms with van der Waals surface area (Å²) in [5, 5.41) is 6.47. The molecular formula is C29H41F3N6O3S. The van der Waals surface area contributed by atoms with Crippen LogP contribution in [0.4, 0.5) is 30.5 Å². The summed E-state index contributed by atoms with van der Waals surface area (Å²) in [5.41, 5.74) is 1.73. The maximum atomic E-state index is 14.0. The van der Waals surface area contributed by atoms with E-state index in [1.165, 1.54) is 10.6 Å². The minimum Gasteiger partial charge on any atom is -0.494 e.